The van der Waals surface area contributed by atoms with Crippen LogP contribution in [0.2, 0.25) is 0 Å². The fraction of sp³-hybridized carbons (Fsp3) is 0.0800. The molecule has 2 aromatic carbocycles. The number of rotatable bonds is 6. The van der Waals surface area contributed by atoms with Crippen molar-refractivity contribution in [2.24, 2.45) is 0 Å². The molecule has 0 radical (unpaired) electrons. The molecule has 0 aliphatic carbocycles. The second-order valence-electron chi connectivity index (χ2n) is 6.71. The Bertz CT molecular complexity index is 1200. The summed E-state index contributed by atoms with van der Waals surface area (Å²) >= 11 is 0. The topological polar surface area (TPSA) is 66.2 Å². The first-order valence-electron chi connectivity index (χ1n) is 9.70. The molecule has 0 fully saturated rings. The quantitative estimate of drug-likeness (QED) is 0.341. The fourth-order valence-electron chi connectivity index (χ4n) is 3.20. The predicted octanol–water partition coefficient (Wildman–Crippen LogP) is 4.66. The van der Waals surface area contributed by atoms with Crippen LogP contribution in [0.1, 0.15) is 11.3 Å². The van der Waals surface area contributed by atoms with Crippen LogP contribution in [0.3, 0.4) is 0 Å². The maximum Gasteiger partial charge on any atom is 0.340 e. The summed E-state index contributed by atoms with van der Waals surface area (Å²) in [7, 11) is 2.99. The number of para-hydroxylation sites is 1. The van der Waals surface area contributed by atoms with Gasteiger partial charge in [-0.3, -0.25) is 4.98 Å². The number of aromatic nitrogens is 3. The average molecular weight is 411 g/mol. The van der Waals surface area contributed by atoms with E-state index in [4.69, 9.17) is 14.6 Å². The third-order valence-corrected chi connectivity index (χ3v) is 4.77. The van der Waals surface area contributed by atoms with Crippen molar-refractivity contribution >= 4 is 17.6 Å². The van der Waals surface area contributed by atoms with Gasteiger partial charge in [0.15, 0.2) is 0 Å². The van der Waals surface area contributed by atoms with Crippen molar-refractivity contribution in [3.63, 3.8) is 0 Å². The summed E-state index contributed by atoms with van der Waals surface area (Å²) in [5.74, 6) is 0.291. The molecule has 6 heteroatoms. The van der Waals surface area contributed by atoms with E-state index in [0.717, 1.165) is 28.3 Å². The molecule has 2 aromatic heterocycles. The van der Waals surface area contributed by atoms with Gasteiger partial charge in [0, 0.05) is 23.5 Å². The van der Waals surface area contributed by atoms with Gasteiger partial charge in [-0.25, -0.2) is 9.48 Å². The van der Waals surface area contributed by atoms with Gasteiger partial charge < -0.3 is 9.47 Å². The molecule has 4 rings (SSSR count). The highest BCUT2D eigenvalue weighted by atomic mass is 16.5. The molecule has 4 aromatic rings. The zero-order valence-corrected chi connectivity index (χ0v) is 17.2. The van der Waals surface area contributed by atoms with Crippen LogP contribution in [-0.2, 0) is 9.53 Å². The van der Waals surface area contributed by atoms with Gasteiger partial charge in [0.05, 0.1) is 36.9 Å². The minimum absolute atomic E-state index is 0.352. The molecule has 0 N–H and O–H groups in total. The SMILES string of the molecule is COC(=O)/C(=C/c1cn(-c2ccccc2)nc1-c1ccc(OC)cc1)c1ccccn1. The Balaban J connectivity index is 1.89. The van der Waals surface area contributed by atoms with E-state index in [0.29, 0.717) is 11.3 Å². The number of hydrogen-bond donors (Lipinski definition) is 0. The van der Waals surface area contributed by atoms with Crippen LogP contribution in [0.15, 0.2) is 85.2 Å². The lowest BCUT2D eigenvalue weighted by atomic mass is 10.0. The summed E-state index contributed by atoms with van der Waals surface area (Å²) < 4.78 is 12.1. The molecule has 2 heterocycles. The van der Waals surface area contributed by atoms with Gasteiger partial charge in [-0.2, -0.15) is 5.10 Å². The van der Waals surface area contributed by atoms with E-state index in [1.54, 1.807) is 36.2 Å². The van der Waals surface area contributed by atoms with Crippen molar-refractivity contribution in [3.8, 4) is 22.7 Å². The summed E-state index contributed by atoms with van der Waals surface area (Å²) in [4.78, 5) is 16.9. The van der Waals surface area contributed by atoms with Crippen LogP contribution in [-0.4, -0.2) is 35.0 Å². The lowest BCUT2D eigenvalue weighted by Gasteiger charge is -2.06. The minimum atomic E-state index is -0.466. The van der Waals surface area contributed by atoms with Gasteiger partial charge in [-0.15, -0.1) is 0 Å². The van der Waals surface area contributed by atoms with Gasteiger partial charge in [-0.1, -0.05) is 24.3 Å². The zero-order chi connectivity index (χ0) is 21.6. The third-order valence-electron chi connectivity index (χ3n) is 4.77. The van der Waals surface area contributed by atoms with Gasteiger partial charge in [-0.05, 0) is 54.6 Å². The molecule has 0 aliphatic heterocycles. The lowest BCUT2D eigenvalue weighted by Crippen LogP contribution is -2.05. The third kappa shape index (κ3) is 4.38. The molecule has 0 amide bonds. The highest BCUT2D eigenvalue weighted by molar-refractivity contribution is 6.21. The van der Waals surface area contributed by atoms with E-state index in [1.165, 1.54) is 7.11 Å². The minimum Gasteiger partial charge on any atom is -0.497 e. The molecule has 0 spiro atoms. The Morgan fingerprint density at radius 1 is 0.935 bits per heavy atom. The van der Waals surface area contributed by atoms with Crippen LogP contribution in [0.5, 0.6) is 5.75 Å². The Labute approximate surface area is 180 Å². The standard InChI is InChI=1S/C25H21N3O3/c1-30-21-13-11-18(12-14-21)24-19(17-28(27-24)20-8-4-3-5-9-20)16-22(25(29)31-2)23-10-6-7-15-26-23/h3-17H,1-2H3/b22-16+. The summed E-state index contributed by atoms with van der Waals surface area (Å²) in [6, 6.07) is 22.8. The molecule has 0 atom stereocenters. The van der Waals surface area contributed by atoms with Crippen LogP contribution in [0, 0.1) is 0 Å². The van der Waals surface area contributed by atoms with Crippen molar-refractivity contribution in [2.45, 2.75) is 0 Å². The van der Waals surface area contributed by atoms with E-state index < -0.39 is 5.97 Å². The van der Waals surface area contributed by atoms with Gasteiger partial charge in [0.1, 0.15) is 5.75 Å². The molecule has 0 aliphatic rings. The van der Waals surface area contributed by atoms with E-state index in [2.05, 4.69) is 4.98 Å². The van der Waals surface area contributed by atoms with Crippen LogP contribution < -0.4 is 4.74 Å². The molecular weight excluding hydrogens is 390 g/mol. The molecule has 0 bridgehead atoms. The maximum absolute atomic E-state index is 12.6. The highest BCUT2D eigenvalue weighted by Crippen LogP contribution is 2.29. The second kappa shape index (κ2) is 9.09. The molecule has 6 nitrogen and oxygen atoms in total. The van der Waals surface area contributed by atoms with Gasteiger partial charge >= 0.3 is 5.97 Å². The Morgan fingerprint density at radius 3 is 2.32 bits per heavy atom. The number of nitrogens with zero attached hydrogens (tertiary/aromatic N) is 3. The number of carbonyl (C=O) groups is 1. The normalized spacial score (nSPS) is 11.2. The number of ether oxygens (including phenoxy) is 2. The number of pyridine rings is 1. The molecule has 0 saturated carbocycles. The lowest BCUT2D eigenvalue weighted by molar-refractivity contribution is -0.133. The van der Waals surface area contributed by atoms with Gasteiger partial charge in [0.25, 0.3) is 0 Å². The Morgan fingerprint density at radius 2 is 1.68 bits per heavy atom. The molecule has 154 valence electrons. The van der Waals surface area contributed by atoms with E-state index in [1.807, 2.05) is 66.9 Å². The van der Waals surface area contributed by atoms with Crippen LogP contribution in [0.25, 0.3) is 28.6 Å². The first-order valence-corrected chi connectivity index (χ1v) is 9.70. The van der Waals surface area contributed by atoms with Crippen molar-refractivity contribution < 1.29 is 14.3 Å². The monoisotopic (exact) mass is 411 g/mol. The van der Waals surface area contributed by atoms with Crippen LogP contribution >= 0.6 is 0 Å². The Hall–Kier alpha value is -4.19. The first-order chi connectivity index (χ1) is 15.2. The first kappa shape index (κ1) is 20.1. The molecule has 0 saturated heterocycles. The predicted molar refractivity (Wildman–Crippen MR) is 120 cm³/mol. The average Bonchev–Trinajstić information content (AvgIpc) is 3.27. The van der Waals surface area contributed by atoms with Crippen molar-refractivity contribution in [1.82, 2.24) is 14.8 Å². The highest BCUT2D eigenvalue weighted by Gasteiger charge is 2.18. The van der Waals surface area contributed by atoms with Gasteiger partial charge in [0.2, 0.25) is 0 Å². The number of esters is 1. The molecular formula is C25H21N3O3. The number of benzene rings is 2. The Kier molecular flexibility index (Phi) is 5.89. The zero-order valence-electron chi connectivity index (χ0n) is 17.2. The fourth-order valence-corrected chi connectivity index (χ4v) is 3.20. The van der Waals surface area contributed by atoms with Crippen molar-refractivity contribution in [3.05, 3.63) is 96.4 Å². The van der Waals surface area contributed by atoms with E-state index in [-0.39, 0.29) is 0 Å². The van der Waals surface area contributed by atoms with Crippen molar-refractivity contribution in [1.29, 1.82) is 0 Å². The largest absolute Gasteiger partial charge is 0.497 e. The number of methoxy groups -OCH3 is 2. The maximum atomic E-state index is 12.6. The number of carbonyl (C=O) groups excluding carboxylic acids is 1. The summed E-state index contributed by atoms with van der Waals surface area (Å²) in [6.07, 6.45) is 5.30. The smallest absolute Gasteiger partial charge is 0.340 e. The number of hydrogen-bond acceptors (Lipinski definition) is 5. The van der Waals surface area contributed by atoms with E-state index >= 15 is 0 Å². The van der Waals surface area contributed by atoms with Crippen molar-refractivity contribution in [2.75, 3.05) is 14.2 Å². The summed E-state index contributed by atoms with van der Waals surface area (Å²) in [6.45, 7) is 0. The second-order valence-corrected chi connectivity index (χ2v) is 6.71. The summed E-state index contributed by atoms with van der Waals surface area (Å²) in [5.41, 5.74) is 4.18. The van der Waals surface area contributed by atoms with E-state index in [9.17, 15) is 4.79 Å². The molecule has 0 unspecified atom stereocenters. The summed E-state index contributed by atoms with van der Waals surface area (Å²) in [5, 5.41) is 4.80. The van der Waals surface area contributed by atoms with Crippen LogP contribution in [0.4, 0.5) is 0 Å². The molecule has 31 heavy (non-hydrogen) atoms.